The van der Waals surface area contributed by atoms with Crippen LogP contribution in [0.25, 0.3) is 0 Å². The van der Waals surface area contributed by atoms with Gasteiger partial charge in [-0.25, -0.2) is 9.59 Å². The maximum absolute atomic E-state index is 14.8. The summed E-state index contributed by atoms with van der Waals surface area (Å²) in [4.78, 5) is 99.6. The van der Waals surface area contributed by atoms with Crippen molar-refractivity contribution < 1.29 is 52.5 Å². The van der Waals surface area contributed by atoms with Gasteiger partial charge >= 0.3 is 12.2 Å². The Morgan fingerprint density at radius 1 is 0.789 bits per heavy atom. The number of fused-ring (bicyclic) bond motifs is 2. The number of hydrogen-bond acceptors (Lipinski definition) is 11. The first kappa shape index (κ1) is 56.9. The predicted molar refractivity (Wildman–Crippen MR) is 267 cm³/mol. The van der Waals surface area contributed by atoms with Crippen molar-refractivity contribution in [2.75, 3.05) is 40.0 Å². The highest BCUT2D eigenvalue weighted by Gasteiger charge is 2.41. The Morgan fingerprint density at radius 2 is 1.45 bits per heavy atom. The van der Waals surface area contributed by atoms with Gasteiger partial charge in [0.2, 0.25) is 29.5 Å². The summed E-state index contributed by atoms with van der Waals surface area (Å²) >= 11 is 0. The van der Waals surface area contributed by atoms with Crippen molar-refractivity contribution in [3.05, 3.63) is 35.9 Å². The van der Waals surface area contributed by atoms with Crippen LogP contribution in [-0.4, -0.2) is 128 Å². The van der Waals surface area contributed by atoms with Crippen LogP contribution >= 0.6 is 0 Å². The van der Waals surface area contributed by atoms with E-state index in [0.717, 1.165) is 44.1 Å². The zero-order valence-electron chi connectivity index (χ0n) is 43.5. The van der Waals surface area contributed by atoms with Crippen molar-refractivity contribution in [1.82, 2.24) is 36.8 Å². The molecule has 10 atom stereocenters. The fourth-order valence-electron chi connectivity index (χ4n) is 10.7. The van der Waals surface area contributed by atoms with E-state index in [9.17, 15) is 33.6 Å². The van der Waals surface area contributed by atoms with Crippen LogP contribution in [0.2, 0.25) is 0 Å². The first-order valence-corrected chi connectivity index (χ1v) is 26.5. The number of hydrogen-bond donors (Lipinski definition) is 6. The van der Waals surface area contributed by atoms with E-state index >= 15 is 0 Å². The highest BCUT2D eigenvalue weighted by atomic mass is 16.6. The molecule has 0 radical (unpaired) electrons. The number of benzene rings is 1. The molecule has 1 aromatic carbocycles. The van der Waals surface area contributed by atoms with Crippen molar-refractivity contribution in [3.63, 3.8) is 0 Å². The van der Waals surface area contributed by atoms with Crippen molar-refractivity contribution in [1.29, 1.82) is 0 Å². The summed E-state index contributed by atoms with van der Waals surface area (Å²) in [5.41, 5.74) is 0.0712. The zero-order chi connectivity index (χ0) is 51.5. The summed E-state index contributed by atoms with van der Waals surface area (Å²) in [6.45, 7) is 10.5. The van der Waals surface area contributed by atoms with E-state index in [-0.39, 0.29) is 44.8 Å². The lowest BCUT2D eigenvalue weighted by Crippen LogP contribution is -2.62. The summed E-state index contributed by atoms with van der Waals surface area (Å²) in [5.74, 6) is -1.94. The number of likely N-dealkylation sites (N-methyl/N-ethyl adjacent to an activating group) is 1. The van der Waals surface area contributed by atoms with E-state index in [1.54, 1.807) is 46.9 Å². The molecule has 2 bridgehead atoms. The monoisotopic (exact) mass is 996 g/mol. The van der Waals surface area contributed by atoms with E-state index in [1.807, 2.05) is 32.0 Å². The summed E-state index contributed by atoms with van der Waals surface area (Å²) in [6.07, 6.45) is 10.8. The molecule has 5 rings (SSSR count). The zero-order valence-corrected chi connectivity index (χ0v) is 43.5. The average Bonchev–Trinajstić information content (AvgIpc) is 3.47. The van der Waals surface area contributed by atoms with Crippen molar-refractivity contribution in [2.45, 2.75) is 186 Å². The van der Waals surface area contributed by atoms with E-state index in [2.05, 4.69) is 31.9 Å². The Bertz CT molecular complexity index is 1880. The van der Waals surface area contributed by atoms with E-state index in [4.69, 9.17) is 18.9 Å². The van der Waals surface area contributed by atoms with Crippen LogP contribution in [0.5, 0.6) is 0 Å². The van der Waals surface area contributed by atoms with Crippen LogP contribution in [0.3, 0.4) is 0 Å². The van der Waals surface area contributed by atoms with Gasteiger partial charge < -0.3 is 55.7 Å². The van der Waals surface area contributed by atoms with Gasteiger partial charge in [0.15, 0.2) is 0 Å². The van der Waals surface area contributed by atoms with Gasteiger partial charge in [-0.15, -0.1) is 0 Å². The Kier molecular flexibility index (Phi) is 22.7. The van der Waals surface area contributed by atoms with Gasteiger partial charge in [-0.3, -0.25) is 24.0 Å². The van der Waals surface area contributed by atoms with E-state index < -0.39 is 90.2 Å². The minimum atomic E-state index is -1.44. The predicted octanol–water partition coefficient (Wildman–Crippen LogP) is 5.65. The summed E-state index contributed by atoms with van der Waals surface area (Å²) in [6, 6.07) is 3.77. The molecule has 71 heavy (non-hydrogen) atoms. The molecule has 1 aliphatic heterocycles. The van der Waals surface area contributed by atoms with Crippen molar-refractivity contribution in [3.8, 4) is 0 Å². The summed E-state index contributed by atoms with van der Waals surface area (Å²) in [7, 11) is 1.64. The third kappa shape index (κ3) is 18.9. The van der Waals surface area contributed by atoms with Gasteiger partial charge in [0.25, 0.3) is 0 Å². The lowest BCUT2D eigenvalue weighted by atomic mass is 9.77. The number of amides is 7. The van der Waals surface area contributed by atoms with Gasteiger partial charge in [0.05, 0.1) is 31.8 Å². The molecule has 1 aromatic rings. The Morgan fingerprint density at radius 3 is 2.11 bits per heavy atom. The van der Waals surface area contributed by atoms with Crippen LogP contribution in [-0.2, 0) is 49.5 Å². The molecule has 7 amide bonds. The van der Waals surface area contributed by atoms with Crippen LogP contribution in [0, 0.1) is 29.6 Å². The molecule has 2 unspecified atom stereocenters. The number of carbonyl (C=O) groups excluding carboxylic acids is 7. The minimum absolute atomic E-state index is 0.0443. The maximum atomic E-state index is 14.8. The van der Waals surface area contributed by atoms with Crippen molar-refractivity contribution in [2.24, 2.45) is 29.6 Å². The number of alkyl carbamates (subject to hydrolysis) is 2. The number of rotatable bonds is 15. The lowest BCUT2D eigenvalue weighted by molar-refractivity contribution is -0.147. The van der Waals surface area contributed by atoms with Gasteiger partial charge in [0, 0.05) is 26.2 Å². The SMILES string of the molecule is CCC[C@H]1C(=O)N[C@@H](C2CCCCCC2)C(=O)N[C@@H](CNC(=O)OCc2ccccc2)C(=O)N[C@@H](COCCCNC(=O)OC(C)(C)C)C(=O)N[C@H](C)CO[C@H](CC2CC3CC[C@H](C3)C2)[C@@H](C)C(=O)N1C. The molecule has 0 aromatic heterocycles. The quantitative estimate of drug-likeness (QED) is 0.0929. The lowest BCUT2D eigenvalue weighted by Gasteiger charge is -2.36. The molecule has 398 valence electrons. The third-order valence-electron chi connectivity index (χ3n) is 14.4. The van der Waals surface area contributed by atoms with Crippen LogP contribution in [0.1, 0.15) is 143 Å². The fourth-order valence-corrected chi connectivity index (χ4v) is 10.7. The second-order valence-corrected chi connectivity index (χ2v) is 21.6. The van der Waals surface area contributed by atoms with Crippen LogP contribution in [0.15, 0.2) is 30.3 Å². The Labute approximate surface area is 421 Å². The number of carbonyl (C=O) groups is 7. The summed E-state index contributed by atoms with van der Waals surface area (Å²) < 4.78 is 23.3. The number of nitrogens with one attached hydrogen (secondary N) is 6. The van der Waals surface area contributed by atoms with Crippen LogP contribution in [0.4, 0.5) is 9.59 Å². The molecule has 1 heterocycles. The maximum Gasteiger partial charge on any atom is 0.407 e. The normalized spacial score (nSPS) is 28.9. The minimum Gasteiger partial charge on any atom is -0.445 e. The number of nitrogens with zero attached hydrogens (tertiary/aromatic N) is 1. The molecule has 0 spiro atoms. The smallest absolute Gasteiger partial charge is 0.407 e. The molecule has 18 nitrogen and oxygen atoms in total. The molecule has 6 N–H and O–H groups in total. The number of ether oxygens (including phenoxy) is 4. The summed E-state index contributed by atoms with van der Waals surface area (Å²) in [5, 5.41) is 16.9. The second kappa shape index (κ2) is 28.3. The van der Waals surface area contributed by atoms with E-state index in [0.29, 0.717) is 56.3 Å². The second-order valence-electron chi connectivity index (χ2n) is 21.6. The largest absolute Gasteiger partial charge is 0.445 e. The standard InChI is InChI=1S/C53H85N7O11/c1-8-17-43-48(63)59-45(40-20-14-9-10-15-21-40)49(64)57-41(30-55-51(66)70-32-36-18-12-11-13-19-36)46(61)58-42(33-68-25-16-24-54-52(67)71-53(4,5)6)47(62)56-34(2)31-69-44(35(3)50(65)60(43)7)29-39-27-37-22-23-38(26-37)28-39/h11-13,18-19,34-35,37-45H,8-10,14-17,20-33H2,1-7H3,(H,54,67)(H,55,66)(H,56,62)(H,57,64)(H,58,61)(H,59,63)/t34-,35-,37-,38?,39?,41+,42+,43+,44-,45+/m1/s1. The first-order valence-electron chi connectivity index (χ1n) is 26.5. The average molecular weight is 996 g/mol. The fraction of sp³-hybridized carbons (Fsp3) is 0.755. The van der Waals surface area contributed by atoms with Gasteiger partial charge in [-0.2, -0.15) is 0 Å². The Balaban J connectivity index is 1.44. The molecule has 3 aliphatic carbocycles. The topological polar surface area (TPSA) is 232 Å². The highest BCUT2D eigenvalue weighted by molar-refractivity contribution is 5.96. The van der Waals surface area contributed by atoms with Gasteiger partial charge in [-0.1, -0.05) is 89.1 Å². The molecule has 18 heteroatoms. The van der Waals surface area contributed by atoms with Gasteiger partial charge in [0.1, 0.15) is 36.4 Å². The van der Waals surface area contributed by atoms with Gasteiger partial charge in [-0.05, 0) is 108 Å². The molecule has 1 saturated heterocycles. The molecular weight excluding hydrogens is 911 g/mol. The van der Waals surface area contributed by atoms with Crippen LogP contribution < -0.4 is 31.9 Å². The first-order chi connectivity index (χ1) is 33.9. The molecule has 3 saturated carbocycles. The molecular formula is C53H85N7O11. The molecule has 4 fully saturated rings. The van der Waals surface area contributed by atoms with Crippen molar-refractivity contribution >= 4 is 41.7 Å². The highest BCUT2D eigenvalue weighted by Crippen LogP contribution is 2.46. The molecule has 4 aliphatic rings. The van der Waals surface area contributed by atoms with E-state index in [1.165, 1.54) is 24.2 Å². The Hall–Kier alpha value is -4.97. The third-order valence-corrected chi connectivity index (χ3v) is 14.4.